The molecule has 0 bridgehead atoms. The number of rotatable bonds is 9. The van der Waals surface area contributed by atoms with Gasteiger partial charge in [-0.3, -0.25) is 0 Å². The number of aromatic nitrogens is 1. The number of nitrogens with zero attached hydrogens (tertiary/aromatic N) is 3. The second-order valence-corrected chi connectivity index (χ2v) is 20.8. The van der Waals surface area contributed by atoms with Crippen LogP contribution < -0.4 is 9.80 Å². The predicted molar refractivity (Wildman–Crippen MR) is 311 cm³/mol. The van der Waals surface area contributed by atoms with Crippen molar-refractivity contribution in [2.45, 2.75) is 19.3 Å². The topological polar surface area (TPSA) is 11.4 Å². The van der Waals surface area contributed by atoms with Crippen molar-refractivity contribution >= 4 is 87.4 Å². The summed E-state index contributed by atoms with van der Waals surface area (Å²) in [6, 6.07) is 96.0. The largest absolute Gasteiger partial charge is 0.310 e. The summed E-state index contributed by atoms with van der Waals surface area (Å²) in [5.74, 6) is 0. The Labute approximate surface area is 429 Å². The third kappa shape index (κ3) is 7.01. The molecule has 0 fully saturated rings. The van der Waals surface area contributed by atoms with Gasteiger partial charge in [-0.1, -0.05) is 178 Å². The summed E-state index contributed by atoms with van der Waals surface area (Å²) >= 11 is 1.89. The van der Waals surface area contributed by atoms with Gasteiger partial charge in [0.25, 0.3) is 0 Å². The van der Waals surface area contributed by atoms with Gasteiger partial charge in [0, 0.05) is 81.7 Å². The second-order valence-electron chi connectivity index (χ2n) is 19.7. The number of anilines is 6. The van der Waals surface area contributed by atoms with Crippen LogP contribution in [-0.4, -0.2) is 4.57 Å². The molecular weight excluding hydrogens is 903 g/mol. The molecule has 0 saturated carbocycles. The third-order valence-corrected chi connectivity index (χ3v) is 16.3. The Morgan fingerprint density at radius 1 is 0.356 bits per heavy atom. The van der Waals surface area contributed by atoms with Crippen LogP contribution in [0.4, 0.5) is 34.1 Å². The van der Waals surface area contributed by atoms with Crippen LogP contribution in [0.3, 0.4) is 0 Å². The summed E-state index contributed by atoms with van der Waals surface area (Å²) in [7, 11) is 0. The van der Waals surface area contributed by atoms with Gasteiger partial charge < -0.3 is 14.4 Å². The van der Waals surface area contributed by atoms with Crippen molar-refractivity contribution in [2.75, 3.05) is 9.80 Å². The van der Waals surface area contributed by atoms with Crippen molar-refractivity contribution in [3.8, 4) is 39.1 Å². The van der Waals surface area contributed by atoms with E-state index in [9.17, 15) is 0 Å². The molecule has 1 aliphatic rings. The molecular formula is C69H49N3S. The minimum Gasteiger partial charge on any atom is -0.310 e. The molecule has 346 valence electrons. The summed E-state index contributed by atoms with van der Waals surface area (Å²) in [6.45, 7) is 4.74. The van der Waals surface area contributed by atoms with Crippen LogP contribution in [0.2, 0.25) is 0 Å². The molecule has 14 rings (SSSR count). The molecule has 73 heavy (non-hydrogen) atoms. The maximum absolute atomic E-state index is 2.49. The normalized spacial score (nSPS) is 12.6. The zero-order valence-corrected chi connectivity index (χ0v) is 41.4. The Morgan fingerprint density at radius 3 is 1.60 bits per heavy atom. The first-order valence-corrected chi connectivity index (χ1v) is 26.0. The van der Waals surface area contributed by atoms with Gasteiger partial charge in [0.1, 0.15) is 0 Å². The lowest BCUT2D eigenvalue weighted by Gasteiger charge is -2.31. The van der Waals surface area contributed by atoms with Crippen molar-refractivity contribution in [1.29, 1.82) is 0 Å². The number of fused-ring (bicyclic) bond motifs is 10. The molecule has 0 radical (unpaired) electrons. The summed E-state index contributed by atoms with van der Waals surface area (Å²) in [4.78, 5) is 4.89. The average molecular weight is 952 g/mol. The molecule has 2 aromatic heterocycles. The first-order chi connectivity index (χ1) is 36.0. The fraction of sp³-hybridized carbons (Fsp3) is 0.0435. The Hall–Kier alpha value is -8.96. The van der Waals surface area contributed by atoms with Crippen LogP contribution in [0.5, 0.6) is 0 Å². The molecule has 0 atom stereocenters. The molecule has 0 spiro atoms. The SMILES string of the molecule is CC1(C)c2ccccc2-c2ccc(N(c3ccccc3)c3cc(-c4cc5c6ccccc6n(-c6ccccc6)c5c5c4sc4ccccc45)cc(N(c4ccccc4)c4ccc(-c5ccccc5)cc4)c3)cc21. The zero-order valence-electron chi connectivity index (χ0n) is 40.6. The maximum atomic E-state index is 2.49. The van der Waals surface area contributed by atoms with E-state index in [1.807, 2.05) is 11.3 Å². The van der Waals surface area contributed by atoms with Gasteiger partial charge in [-0.15, -0.1) is 11.3 Å². The summed E-state index contributed by atoms with van der Waals surface area (Å²) in [6.07, 6.45) is 0. The maximum Gasteiger partial charge on any atom is 0.0634 e. The third-order valence-electron chi connectivity index (χ3n) is 15.1. The van der Waals surface area contributed by atoms with Gasteiger partial charge in [-0.2, -0.15) is 0 Å². The number of hydrogen-bond acceptors (Lipinski definition) is 3. The number of thiophene rings is 1. The van der Waals surface area contributed by atoms with Crippen LogP contribution in [0, 0.1) is 0 Å². The molecule has 11 aromatic carbocycles. The van der Waals surface area contributed by atoms with Gasteiger partial charge >= 0.3 is 0 Å². The van der Waals surface area contributed by atoms with Gasteiger partial charge in [0.15, 0.2) is 0 Å². The van der Waals surface area contributed by atoms with Gasteiger partial charge in [-0.25, -0.2) is 0 Å². The van der Waals surface area contributed by atoms with Crippen LogP contribution in [0.25, 0.3) is 81.0 Å². The van der Waals surface area contributed by atoms with E-state index in [1.165, 1.54) is 80.9 Å². The van der Waals surface area contributed by atoms with E-state index in [-0.39, 0.29) is 5.41 Å². The quantitative estimate of drug-likeness (QED) is 0.143. The highest BCUT2D eigenvalue weighted by Gasteiger charge is 2.36. The Balaban J connectivity index is 1.07. The zero-order chi connectivity index (χ0) is 48.6. The number of benzene rings is 11. The smallest absolute Gasteiger partial charge is 0.0634 e. The first-order valence-electron chi connectivity index (χ1n) is 25.2. The molecule has 4 heteroatoms. The lowest BCUT2D eigenvalue weighted by molar-refractivity contribution is 0.660. The van der Waals surface area contributed by atoms with E-state index in [0.717, 1.165) is 45.4 Å². The van der Waals surface area contributed by atoms with E-state index < -0.39 is 0 Å². The summed E-state index contributed by atoms with van der Waals surface area (Å²) in [5, 5.41) is 5.00. The van der Waals surface area contributed by atoms with Gasteiger partial charge in [0.05, 0.1) is 11.0 Å². The second kappa shape index (κ2) is 17.1. The molecule has 13 aromatic rings. The fourth-order valence-corrected chi connectivity index (χ4v) is 13.0. The minimum absolute atomic E-state index is 0.172. The highest BCUT2D eigenvalue weighted by molar-refractivity contribution is 7.26. The van der Waals surface area contributed by atoms with Crippen molar-refractivity contribution < 1.29 is 0 Å². The highest BCUT2D eigenvalue weighted by atomic mass is 32.1. The molecule has 0 aliphatic heterocycles. The van der Waals surface area contributed by atoms with E-state index in [0.29, 0.717) is 0 Å². The summed E-state index contributed by atoms with van der Waals surface area (Å²) < 4.78 is 5.02. The van der Waals surface area contributed by atoms with Crippen LogP contribution >= 0.6 is 11.3 Å². The van der Waals surface area contributed by atoms with E-state index in [1.54, 1.807) is 0 Å². The molecule has 2 heterocycles. The molecule has 1 aliphatic carbocycles. The van der Waals surface area contributed by atoms with Crippen molar-refractivity contribution in [3.05, 3.63) is 272 Å². The van der Waals surface area contributed by atoms with Gasteiger partial charge in [-0.05, 0) is 136 Å². The lowest BCUT2D eigenvalue weighted by Crippen LogP contribution is -2.17. The average Bonchev–Trinajstić information content (AvgIpc) is 4.07. The monoisotopic (exact) mass is 951 g/mol. The van der Waals surface area contributed by atoms with E-state index >= 15 is 0 Å². The molecule has 0 amide bonds. The molecule has 0 N–H and O–H groups in total. The van der Waals surface area contributed by atoms with Crippen LogP contribution in [-0.2, 0) is 5.41 Å². The highest BCUT2D eigenvalue weighted by Crippen LogP contribution is 2.53. The van der Waals surface area contributed by atoms with E-state index in [2.05, 4.69) is 289 Å². The van der Waals surface area contributed by atoms with Crippen molar-refractivity contribution in [1.82, 2.24) is 4.57 Å². The van der Waals surface area contributed by atoms with E-state index in [4.69, 9.17) is 0 Å². The number of para-hydroxylation sites is 4. The fourth-order valence-electron chi connectivity index (χ4n) is 11.7. The molecule has 0 unspecified atom stereocenters. The van der Waals surface area contributed by atoms with Crippen LogP contribution in [0.1, 0.15) is 25.0 Å². The molecule has 3 nitrogen and oxygen atoms in total. The minimum atomic E-state index is -0.172. The summed E-state index contributed by atoms with van der Waals surface area (Å²) in [5.41, 5.74) is 19.9. The molecule has 0 saturated heterocycles. The van der Waals surface area contributed by atoms with Crippen LogP contribution in [0.15, 0.2) is 261 Å². The Morgan fingerprint density at radius 2 is 0.890 bits per heavy atom. The lowest BCUT2D eigenvalue weighted by atomic mass is 9.82. The standard InChI is InChI=1S/C69H49N3S/c1-69(2)62-32-18-15-29-56(62)57-40-39-53(44-63(57)69)71(50-25-11-5-12-26-50)55-42-48(41-54(43-55)70(49-23-9-4-10-24-49)52-37-35-47(36-38-52)46-21-7-3-8-22-46)60-45-61-58-30-16-19-33-64(58)72(51-27-13-6-14-28-51)67(61)66-59-31-17-20-34-65(59)73-68(60)66/h3-45H,1-2H3. The number of hydrogen-bond donors (Lipinski definition) is 0. The Bertz CT molecular complexity index is 4210. The van der Waals surface area contributed by atoms with Crippen molar-refractivity contribution in [3.63, 3.8) is 0 Å². The first kappa shape index (κ1) is 42.9. The van der Waals surface area contributed by atoms with Crippen molar-refractivity contribution in [2.24, 2.45) is 0 Å². The Kier molecular flexibility index (Phi) is 10.1. The van der Waals surface area contributed by atoms with Gasteiger partial charge in [0.2, 0.25) is 0 Å². The predicted octanol–water partition coefficient (Wildman–Crippen LogP) is 19.7.